The number of ketones is 1. The molecule has 2 aromatic carbocycles. The highest BCUT2D eigenvalue weighted by atomic mass is 35.5. The number of rotatable bonds is 7. The van der Waals surface area contributed by atoms with E-state index in [9.17, 15) is 14.4 Å². The maximum absolute atomic E-state index is 13.4. The molecule has 166 valence electrons. The molecule has 1 aliphatic heterocycles. The Kier molecular flexibility index (Phi) is 6.16. The highest BCUT2D eigenvalue weighted by Gasteiger charge is 2.28. The van der Waals surface area contributed by atoms with Crippen LogP contribution < -0.4 is 20.2 Å². The lowest BCUT2D eigenvalue weighted by Gasteiger charge is -2.12. The highest BCUT2D eigenvalue weighted by Crippen LogP contribution is 2.33. The van der Waals surface area contributed by atoms with Gasteiger partial charge in [0, 0.05) is 17.1 Å². The first kappa shape index (κ1) is 21.9. The zero-order valence-corrected chi connectivity index (χ0v) is 18.3. The smallest absolute Gasteiger partial charge is 0.287 e. The Labute approximate surface area is 188 Å². The first-order valence-electron chi connectivity index (χ1n) is 9.99. The summed E-state index contributed by atoms with van der Waals surface area (Å²) in [4.78, 5) is 41.6. The van der Waals surface area contributed by atoms with Crippen LogP contribution in [0, 0.1) is 0 Å². The van der Waals surface area contributed by atoms with E-state index < -0.39 is 17.1 Å². The lowest BCUT2D eigenvalue weighted by Crippen LogP contribution is -2.31. The average Bonchev–Trinajstić information content (AvgIpc) is 3.24. The Morgan fingerprint density at radius 3 is 2.66 bits per heavy atom. The van der Waals surface area contributed by atoms with Gasteiger partial charge >= 0.3 is 0 Å². The molecule has 9 heteroatoms. The number of halogens is 1. The van der Waals surface area contributed by atoms with E-state index in [4.69, 9.17) is 25.5 Å². The van der Waals surface area contributed by atoms with Crippen molar-refractivity contribution in [1.29, 1.82) is 0 Å². The van der Waals surface area contributed by atoms with Crippen LogP contribution in [0.4, 0.5) is 0 Å². The van der Waals surface area contributed by atoms with Crippen molar-refractivity contribution in [2.75, 3.05) is 34.0 Å². The van der Waals surface area contributed by atoms with Gasteiger partial charge in [-0.15, -0.1) is 0 Å². The van der Waals surface area contributed by atoms with Crippen molar-refractivity contribution in [2.24, 2.45) is 0 Å². The van der Waals surface area contributed by atoms with E-state index in [-0.39, 0.29) is 34.6 Å². The Morgan fingerprint density at radius 1 is 1.09 bits per heavy atom. The van der Waals surface area contributed by atoms with Gasteiger partial charge in [0.05, 0.1) is 5.39 Å². The summed E-state index contributed by atoms with van der Waals surface area (Å²) in [5.41, 5.74) is -0.650. The molecule has 0 saturated heterocycles. The minimum Gasteiger partial charge on any atom is -0.454 e. The van der Waals surface area contributed by atoms with E-state index in [1.54, 1.807) is 12.1 Å². The first-order chi connectivity index (χ1) is 15.3. The monoisotopic (exact) mass is 456 g/mol. The average molecular weight is 457 g/mol. The summed E-state index contributed by atoms with van der Waals surface area (Å²) in [6.45, 7) is 1.17. The van der Waals surface area contributed by atoms with Crippen LogP contribution in [0.25, 0.3) is 11.0 Å². The molecule has 3 aromatic rings. The van der Waals surface area contributed by atoms with Gasteiger partial charge in [-0.2, -0.15) is 0 Å². The number of nitrogens with zero attached hydrogens (tertiary/aromatic N) is 1. The molecule has 2 heterocycles. The van der Waals surface area contributed by atoms with E-state index in [0.717, 1.165) is 6.54 Å². The third-order valence-electron chi connectivity index (χ3n) is 4.99. The molecular weight excluding hydrogens is 436 g/mol. The summed E-state index contributed by atoms with van der Waals surface area (Å²) >= 11 is 6.04. The van der Waals surface area contributed by atoms with Crippen molar-refractivity contribution in [3.63, 3.8) is 0 Å². The molecule has 1 amide bonds. The minimum absolute atomic E-state index is 0.0458. The standard InChI is InChI=1S/C23H21ClN2O6/c1-26(2)9-3-8-25-23(29)22-19(21(28)15-11-14(24)5-7-16(15)32-22)20(27)13-4-6-17-18(10-13)31-12-30-17/h4-7,10-11H,3,8-9,12H2,1-2H3,(H,25,29). The molecule has 0 spiro atoms. The van der Waals surface area contributed by atoms with Crippen molar-refractivity contribution < 1.29 is 23.5 Å². The number of amides is 1. The van der Waals surface area contributed by atoms with Crippen LogP contribution in [0.15, 0.2) is 45.6 Å². The van der Waals surface area contributed by atoms with Crippen LogP contribution in [0.3, 0.4) is 0 Å². The third kappa shape index (κ3) is 4.32. The van der Waals surface area contributed by atoms with E-state index in [0.29, 0.717) is 29.5 Å². The molecule has 4 rings (SSSR count). The van der Waals surface area contributed by atoms with Crippen LogP contribution in [0.2, 0.25) is 5.02 Å². The largest absolute Gasteiger partial charge is 0.454 e. The molecular formula is C23H21ClN2O6. The minimum atomic E-state index is -0.655. The van der Waals surface area contributed by atoms with Gasteiger partial charge in [0.25, 0.3) is 5.91 Å². The second kappa shape index (κ2) is 9.02. The first-order valence-corrected chi connectivity index (χ1v) is 10.4. The van der Waals surface area contributed by atoms with Gasteiger partial charge in [-0.3, -0.25) is 14.4 Å². The Morgan fingerprint density at radius 2 is 1.88 bits per heavy atom. The van der Waals surface area contributed by atoms with E-state index in [1.807, 2.05) is 19.0 Å². The van der Waals surface area contributed by atoms with Crippen molar-refractivity contribution in [3.8, 4) is 11.5 Å². The number of ether oxygens (including phenoxy) is 2. The maximum Gasteiger partial charge on any atom is 0.287 e. The summed E-state index contributed by atoms with van der Waals surface area (Å²) in [6.07, 6.45) is 0.692. The van der Waals surface area contributed by atoms with Gasteiger partial charge in [-0.05, 0) is 63.5 Å². The zero-order chi connectivity index (χ0) is 22.8. The zero-order valence-electron chi connectivity index (χ0n) is 17.6. The number of carbonyl (C=O) groups is 2. The van der Waals surface area contributed by atoms with Gasteiger partial charge in [-0.25, -0.2) is 0 Å². The van der Waals surface area contributed by atoms with Crippen LogP contribution >= 0.6 is 11.6 Å². The fourth-order valence-electron chi connectivity index (χ4n) is 3.39. The van der Waals surface area contributed by atoms with Crippen molar-refractivity contribution in [2.45, 2.75) is 6.42 Å². The lowest BCUT2D eigenvalue weighted by atomic mass is 9.99. The molecule has 0 aliphatic carbocycles. The number of hydrogen-bond donors (Lipinski definition) is 1. The molecule has 32 heavy (non-hydrogen) atoms. The molecule has 8 nitrogen and oxygen atoms in total. The molecule has 0 bridgehead atoms. The number of nitrogens with one attached hydrogen (secondary N) is 1. The molecule has 0 atom stereocenters. The SMILES string of the molecule is CN(C)CCCNC(=O)c1oc2ccc(Cl)cc2c(=O)c1C(=O)c1ccc2c(c1)OCO2. The van der Waals surface area contributed by atoms with Crippen LogP contribution in [0.1, 0.15) is 32.9 Å². The fourth-order valence-corrected chi connectivity index (χ4v) is 3.57. The molecule has 0 saturated carbocycles. The van der Waals surface area contributed by atoms with Gasteiger partial charge < -0.3 is 24.1 Å². The Bertz CT molecular complexity index is 1270. The molecule has 1 N–H and O–H groups in total. The topological polar surface area (TPSA) is 98.1 Å². The maximum atomic E-state index is 13.4. The normalized spacial score (nSPS) is 12.4. The van der Waals surface area contributed by atoms with Gasteiger partial charge in [0.1, 0.15) is 11.1 Å². The van der Waals surface area contributed by atoms with Crippen molar-refractivity contribution >= 4 is 34.3 Å². The van der Waals surface area contributed by atoms with Crippen LogP contribution in [0.5, 0.6) is 11.5 Å². The quantitative estimate of drug-likeness (QED) is 0.431. The summed E-state index contributed by atoms with van der Waals surface area (Å²) in [7, 11) is 3.86. The Hall–Kier alpha value is -3.36. The Balaban J connectivity index is 1.77. The third-order valence-corrected chi connectivity index (χ3v) is 5.22. The number of fused-ring (bicyclic) bond motifs is 2. The number of carbonyl (C=O) groups excluding carboxylic acids is 2. The van der Waals surface area contributed by atoms with Gasteiger partial charge in [-0.1, -0.05) is 11.6 Å². The highest BCUT2D eigenvalue weighted by molar-refractivity contribution is 6.31. The second-order valence-corrected chi connectivity index (χ2v) is 8.02. The van der Waals surface area contributed by atoms with Crippen LogP contribution in [-0.4, -0.2) is 50.6 Å². The van der Waals surface area contributed by atoms with E-state index in [1.165, 1.54) is 24.3 Å². The number of benzene rings is 2. The number of hydrogen-bond acceptors (Lipinski definition) is 7. The summed E-state index contributed by atoms with van der Waals surface area (Å²) < 4.78 is 16.3. The van der Waals surface area contributed by atoms with Gasteiger partial charge in [0.2, 0.25) is 23.8 Å². The van der Waals surface area contributed by atoms with Crippen molar-refractivity contribution in [1.82, 2.24) is 10.2 Å². The second-order valence-electron chi connectivity index (χ2n) is 7.59. The lowest BCUT2D eigenvalue weighted by molar-refractivity contribution is 0.0912. The fraction of sp³-hybridized carbons (Fsp3) is 0.261. The molecule has 1 aliphatic rings. The van der Waals surface area contributed by atoms with E-state index in [2.05, 4.69) is 5.32 Å². The van der Waals surface area contributed by atoms with Crippen molar-refractivity contribution in [3.05, 3.63) is 68.5 Å². The molecule has 1 aromatic heterocycles. The predicted molar refractivity (Wildman–Crippen MR) is 119 cm³/mol. The van der Waals surface area contributed by atoms with Gasteiger partial charge in [0.15, 0.2) is 11.5 Å². The summed E-state index contributed by atoms with van der Waals surface area (Å²) in [5, 5.41) is 3.15. The predicted octanol–water partition coefficient (Wildman–Crippen LogP) is 3.09. The summed E-state index contributed by atoms with van der Waals surface area (Å²) in [6, 6.07) is 9.02. The molecule has 0 fully saturated rings. The molecule has 0 unspecified atom stereocenters. The molecule has 0 radical (unpaired) electrons. The van der Waals surface area contributed by atoms with Crippen LogP contribution in [-0.2, 0) is 0 Å². The van der Waals surface area contributed by atoms with E-state index >= 15 is 0 Å². The summed E-state index contributed by atoms with van der Waals surface area (Å²) in [5.74, 6) is -0.743.